The number of ether oxygens (including phenoxy) is 1. The first kappa shape index (κ1) is 13.2. The Kier molecular flexibility index (Phi) is 4.90. The molecule has 0 unspecified atom stereocenters. The van der Waals surface area contributed by atoms with E-state index < -0.39 is 6.61 Å². The molecule has 1 aliphatic carbocycles. The van der Waals surface area contributed by atoms with Crippen LogP contribution in [0.15, 0.2) is 24.3 Å². The van der Waals surface area contributed by atoms with E-state index in [0.29, 0.717) is 12.6 Å². The van der Waals surface area contributed by atoms with Gasteiger partial charge in [-0.15, -0.1) is 0 Å². The van der Waals surface area contributed by atoms with Crippen molar-refractivity contribution >= 4 is 0 Å². The van der Waals surface area contributed by atoms with Crippen LogP contribution in [-0.4, -0.2) is 12.7 Å². The van der Waals surface area contributed by atoms with E-state index in [1.54, 1.807) is 12.1 Å². The minimum atomic E-state index is -2.78. The first-order valence-corrected chi connectivity index (χ1v) is 6.16. The molecule has 0 amide bonds. The largest absolute Gasteiger partial charge is 0.435 e. The molecule has 5 heteroatoms. The van der Waals surface area contributed by atoms with Gasteiger partial charge >= 0.3 is 6.61 Å². The van der Waals surface area contributed by atoms with Gasteiger partial charge in [-0.05, 0) is 30.5 Å². The molecule has 0 bridgehead atoms. The summed E-state index contributed by atoms with van der Waals surface area (Å²) in [6, 6.07) is 6.53. The first-order valence-electron chi connectivity index (χ1n) is 6.16. The van der Waals surface area contributed by atoms with Crippen LogP contribution in [-0.2, 0) is 11.4 Å². The lowest BCUT2D eigenvalue weighted by atomic mass is 10.2. The molecule has 1 N–H and O–H groups in total. The Balaban J connectivity index is 1.72. The number of rotatable bonds is 6. The van der Waals surface area contributed by atoms with E-state index in [9.17, 15) is 8.78 Å². The van der Waals surface area contributed by atoms with Crippen LogP contribution in [0.3, 0.4) is 0 Å². The van der Waals surface area contributed by atoms with Crippen molar-refractivity contribution in [3.05, 3.63) is 29.8 Å². The van der Waals surface area contributed by atoms with E-state index in [1.165, 1.54) is 25.0 Å². The summed E-state index contributed by atoms with van der Waals surface area (Å²) in [6.45, 7) is -2.22. The van der Waals surface area contributed by atoms with Gasteiger partial charge in [0.15, 0.2) is 0 Å². The van der Waals surface area contributed by atoms with Crippen molar-refractivity contribution in [2.24, 2.45) is 0 Å². The lowest BCUT2D eigenvalue weighted by Gasteiger charge is -2.12. The maximum Gasteiger partial charge on any atom is 0.387 e. The number of hydrogen-bond acceptors (Lipinski definition) is 3. The van der Waals surface area contributed by atoms with Crippen LogP contribution in [0.1, 0.15) is 31.2 Å². The number of benzene rings is 1. The molecular formula is C13H17F2NO2. The zero-order valence-corrected chi connectivity index (χ0v) is 10.1. The third-order valence-electron chi connectivity index (χ3n) is 2.98. The Labute approximate surface area is 105 Å². The topological polar surface area (TPSA) is 30.5 Å². The zero-order chi connectivity index (χ0) is 12.8. The van der Waals surface area contributed by atoms with Gasteiger partial charge in [-0.3, -0.25) is 4.84 Å². The number of nitrogens with one attached hydrogen (secondary N) is 1. The molecule has 0 radical (unpaired) electrons. The van der Waals surface area contributed by atoms with E-state index in [1.807, 2.05) is 0 Å². The summed E-state index contributed by atoms with van der Waals surface area (Å²) in [5.41, 5.74) is 3.88. The van der Waals surface area contributed by atoms with Crippen molar-refractivity contribution in [3.8, 4) is 5.75 Å². The molecule has 1 aromatic rings. The van der Waals surface area contributed by atoms with Gasteiger partial charge in [0.1, 0.15) is 5.75 Å². The summed E-state index contributed by atoms with van der Waals surface area (Å²) in [7, 11) is 0. The van der Waals surface area contributed by atoms with Crippen molar-refractivity contribution in [2.45, 2.75) is 44.9 Å². The molecule has 0 aliphatic heterocycles. The normalized spacial score (nSPS) is 16.4. The molecule has 3 nitrogen and oxygen atoms in total. The fourth-order valence-electron chi connectivity index (χ4n) is 2.04. The van der Waals surface area contributed by atoms with Gasteiger partial charge in [0.05, 0.1) is 6.10 Å². The SMILES string of the molecule is FC(F)Oc1ccc(CNOC2CCCC2)cc1. The number of alkyl halides is 2. The molecule has 0 saturated heterocycles. The summed E-state index contributed by atoms with van der Waals surface area (Å²) < 4.78 is 28.2. The summed E-state index contributed by atoms with van der Waals surface area (Å²) in [4.78, 5) is 5.50. The summed E-state index contributed by atoms with van der Waals surface area (Å²) in [5.74, 6) is 0.172. The lowest BCUT2D eigenvalue weighted by Crippen LogP contribution is -2.21. The molecule has 100 valence electrons. The van der Waals surface area contributed by atoms with Crippen molar-refractivity contribution < 1.29 is 18.4 Å². The quantitative estimate of drug-likeness (QED) is 0.793. The van der Waals surface area contributed by atoms with E-state index in [2.05, 4.69) is 10.2 Å². The third-order valence-corrected chi connectivity index (χ3v) is 2.98. The number of hydroxylamine groups is 1. The molecule has 1 fully saturated rings. The zero-order valence-electron chi connectivity index (χ0n) is 10.1. The lowest BCUT2D eigenvalue weighted by molar-refractivity contribution is -0.0499. The van der Waals surface area contributed by atoms with Gasteiger partial charge in [0, 0.05) is 6.54 Å². The molecule has 0 spiro atoms. The maximum atomic E-state index is 11.9. The molecule has 18 heavy (non-hydrogen) atoms. The fraction of sp³-hybridized carbons (Fsp3) is 0.538. The van der Waals surface area contributed by atoms with Crippen LogP contribution in [0.4, 0.5) is 8.78 Å². The van der Waals surface area contributed by atoms with Crippen molar-refractivity contribution in [1.82, 2.24) is 5.48 Å². The second kappa shape index (κ2) is 6.66. The Morgan fingerprint density at radius 1 is 1.17 bits per heavy atom. The van der Waals surface area contributed by atoms with E-state index >= 15 is 0 Å². The van der Waals surface area contributed by atoms with Crippen molar-refractivity contribution in [3.63, 3.8) is 0 Å². The van der Waals surface area contributed by atoms with Crippen LogP contribution in [0, 0.1) is 0 Å². The second-order valence-electron chi connectivity index (χ2n) is 4.37. The van der Waals surface area contributed by atoms with Crippen LogP contribution in [0.2, 0.25) is 0 Å². The Bertz CT molecular complexity index is 351. The fourth-order valence-corrected chi connectivity index (χ4v) is 2.04. The smallest absolute Gasteiger partial charge is 0.387 e. The molecule has 0 aromatic heterocycles. The van der Waals surface area contributed by atoms with Gasteiger partial charge in [-0.1, -0.05) is 25.0 Å². The van der Waals surface area contributed by atoms with Gasteiger partial charge in [0.25, 0.3) is 0 Å². The molecular weight excluding hydrogens is 240 g/mol. The minimum Gasteiger partial charge on any atom is -0.435 e. The highest BCUT2D eigenvalue weighted by Crippen LogP contribution is 2.20. The van der Waals surface area contributed by atoms with E-state index in [0.717, 1.165) is 18.4 Å². The van der Waals surface area contributed by atoms with Crippen LogP contribution >= 0.6 is 0 Å². The predicted octanol–water partition coefficient (Wildman–Crippen LogP) is 3.25. The number of hydrogen-bond donors (Lipinski definition) is 1. The number of halogens is 2. The Hall–Kier alpha value is -1.20. The van der Waals surface area contributed by atoms with E-state index in [-0.39, 0.29) is 5.75 Å². The molecule has 2 rings (SSSR count). The summed E-state index contributed by atoms with van der Waals surface area (Å²) in [5, 5.41) is 0. The average molecular weight is 257 g/mol. The van der Waals surface area contributed by atoms with Crippen molar-refractivity contribution in [1.29, 1.82) is 0 Å². The van der Waals surface area contributed by atoms with Gasteiger partial charge in [-0.25, -0.2) is 0 Å². The van der Waals surface area contributed by atoms with Gasteiger partial charge in [-0.2, -0.15) is 14.3 Å². The highest BCUT2D eigenvalue weighted by atomic mass is 19.3. The van der Waals surface area contributed by atoms with Crippen LogP contribution in [0.5, 0.6) is 5.75 Å². The third kappa shape index (κ3) is 4.23. The monoisotopic (exact) mass is 257 g/mol. The average Bonchev–Trinajstić information content (AvgIpc) is 2.84. The van der Waals surface area contributed by atoms with Gasteiger partial charge < -0.3 is 4.74 Å². The Morgan fingerprint density at radius 3 is 2.44 bits per heavy atom. The molecule has 1 aliphatic rings. The molecule has 1 saturated carbocycles. The highest BCUT2D eigenvalue weighted by molar-refractivity contribution is 5.27. The Morgan fingerprint density at radius 2 is 1.83 bits per heavy atom. The molecule has 0 atom stereocenters. The van der Waals surface area contributed by atoms with Crippen LogP contribution in [0.25, 0.3) is 0 Å². The standard InChI is InChI=1S/C13H17F2NO2/c14-13(15)17-11-7-5-10(6-8-11)9-16-18-12-3-1-2-4-12/h5-8,12-13,16H,1-4,9H2. The highest BCUT2D eigenvalue weighted by Gasteiger charge is 2.15. The van der Waals surface area contributed by atoms with E-state index in [4.69, 9.17) is 4.84 Å². The summed E-state index contributed by atoms with van der Waals surface area (Å²) >= 11 is 0. The molecule has 0 heterocycles. The minimum absolute atomic E-state index is 0.172. The van der Waals surface area contributed by atoms with Gasteiger partial charge in [0.2, 0.25) is 0 Å². The first-order chi connectivity index (χ1) is 8.74. The maximum absolute atomic E-state index is 11.9. The molecule has 1 aromatic carbocycles. The second-order valence-corrected chi connectivity index (χ2v) is 4.37. The van der Waals surface area contributed by atoms with Crippen molar-refractivity contribution in [2.75, 3.05) is 0 Å². The predicted molar refractivity (Wildman–Crippen MR) is 63.3 cm³/mol. The van der Waals surface area contributed by atoms with Crippen LogP contribution < -0.4 is 10.2 Å². The summed E-state index contributed by atoms with van der Waals surface area (Å²) in [6.07, 6.45) is 4.98.